The molecule has 7 nitrogen and oxygen atoms in total. The van der Waals surface area contributed by atoms with E-state index in [1.54, 1.807) is 0 Å². The summed E-state index contributed by atoms with van der Waals surface area (Å²) in [5.74, 6) is -3.31. The van der Waals surface area contributed by atoms with Gasteiger partial charge in [0, 0.05) is 17.8 Å². The predicted molar refractivity (Wildman–Crippen MR) is 78.7 cm³/mol. The molecule has 1 aliphatic rings. The quantitative estimate of drug-likeness (QED) is 0.631. The standard InChI is InChI=1S/C15H18N2O5/c18-12-8-10(6-7-11(12)15(21)22)17-14(20)13(19)16-9-4-2-1-3-5-9/h6-9,18H,1-5H2,(H,16,19)(H,17,20)(H,21,22). The number of aromatic carboxylic acids is 1. The van der Waals surface area contributed by atoms with Gasteiger partial charge in [-0.05, 0) is 25.0 Å². The number of nitrogens with one attached hydrogen (secondary N) is 2. The van der Waals surface area contributed by atoms with Crippen LogP contribution in [-0.2, 0) is 9.59 Å². The summed E-state index contributed by atoms with van der Waals surface area (Å²) in [4.78, 5) is 34.4. The van der Waals surface area contributed by atoms with E-state index in [4.69, 9.17) is 5.11 Å². The molecule has 1 fully saturated rings. The van der Waals surface area contributed by atoms with E-state index in [9.17, 15) is 19.5 Å². The fraction of sp³-hybridized carbons (Fsp3) is 0.400. The summed E-state index contributed by atoms with van der Waals surface area (Å²) in [5.41, 5.74) is -0.115. The number of anilines is 1. The molecule has 0 atom stereocenters. The summed E-state index contributed by atoms with van der Waals surface area (Å²) in [6.45, 7) is 0. The van der Waals surface area contributed by atoms with Crippen LogP contribution in [0.15, 0.2) is 18.2 Å². The summed E-state index contributed by atoms with van der Waals surface area (Å²) >= 11 is 0. The van der Waals surface area contributed by atoms with Crippen LogP contribution in [0.4, 0.5) is 5.69 Å². The van der Waals surface area contributed by atoms with Crippen LogP contribution in [0, 0.1) is 0 Å². The Morgan fingerprint density at radius 2 is 1.73 bits per heavy atom. The smallest absolute Gasteiger partial charge is 0.339 e. The van der Waals surface area contributed by atoms with Crippen molar-refractivity contribution in [3.8, 4) is 5.75 Å². The van der Waals surface area contributed by atoms with Crippen molar-refractivity contribution in [3.05, 3.63) is 23.8 Å². The fourth-order valence-corrected chi connectivity index (χ4v) is 2.48. The molecule has 0 aromatic heterocycles. The lowest BCUT2D eigenvalue weighted by molar-refractivity contribution is -0.136. The average Bonchev–Trinajstić information content (AvgIpc) is 2.47. The van der Waals surface area contributed by atoms with Crippen LogP contribution >= 0.6 is 0 Å². The molecule has 0 unspecified atom stereocenters. The van der Waals surface area contributed by atoms with Gasteiger partial charge in [-0.2, -0.15) is 0 Å². The van der Waals surface area contributed by atoms with Crippen molar-refractivity contribution in [3.63, 3.8) is 0 Å². The Balaban J connectivity index is 1.94. The van der Waals surface area contributed by atoms with Crippen molar-refractivity contribution in [2.24, 2.45) is 0 Å². The van der Waals surface area contributed by atoms with Crippen molar-refractivity contribution in [2.75, 3.05) is 5.32 Å². The first kappa shape index (κ1) is 15.8. The van der Waals surface area contributed by atoms with Gasteiger partial charge in [-0.25, -0.2) is 4.79 Å². The monoisotopic (exact) mass is 306 g/mol. The first-order valence-electron chi connectivity index (χ1n) is 7.15. The normalized spacial score (nSPS) is 15.1. The van der Waals surface area contributed by atoms with Crippen LogP contribution in [-0.4, -0.2) is 34.0 Å². The summed E-state index contributed by atoms with van der Waals surface area (Å²) in [6.07, 6.45) is 4.96. The molecule has 0 heterocycles. The minimum Gasteiger partial charge on any atom is -0.507 e. The van der Waals surface area contributed by atoms with Gasteiger partial charge in [-0.3, -0.25) is 9.59 Å². The van der Waals surface area contributed by atoms with Gasteiger partial charge in [0.25, 0.3) is 0 Å². The summed E-state index contributed by atoms with van der Waals surface area (Å²) in [5, 5.41) is 23.3. The van der Waals surface area contributed by atoms with Crippen molar-refractivity contribution >= 4 is 23.5 Å². The van der Waals surface area contributed by atoms with E-state index in [0.29, 0.717) is 0 Å². The number of aromatic hydroxyl groups is 1. The second kappa shape index (κ2) is 6.93. The third-order valence-electron chi connectivity index (χ3n) is 3.63. The molecule has 22 heavy (non-hydrogen) atoms. The molecule has 1 saturated carbocycles. The molecular weight excluding hydrogens is 288 g/mol. The van der Waals surface area contributed by atoms with E-state index in [1.165, 1.54) is 6.07 Å². The zero-order valence-corrected chi connectivity index (χ0v) is 12.0. The lowest BCUT2D eigenvalue weighted by Crippen LogP contribution is -2.42. The molecule has 0 saturated heterocycles. The van der Waals surface area contributed by atoms with Crippen LogP contribution < -0.4 is 10.6 Å². The second-order valence-electron chi connectivity index (χ2n) is 5.30. The number of carbonyl (C=O) groups is 3. The Morgan fingerprint density at radius 1 is 1.05 bits per heavy atom. The van der Waals surface area contributed by atoms with Gasteiger partial charge in [0.2, 0.25) is 0 Å². The fourth-order valence-electron chi connectivity index (χ4n) is 2.48. The summed E-state index contributed by atoms with van der Waals surface area (Å²) < 4.78 is 0. The zero-order chi connectivity index (χ0) is 16.1. The lowest BCUT2D eigenvalue weighted by atomic mass is 9.95. The number of rotatable bonds is 3. The highest BCUT2D eigenvalue weighted by Crippen LogP contribution is 2.22. The van der Waals surface area contributed by atoms with Crippen LogP contribution in [0.2, 0.25) is 0 Å². The van der Waals surface area contributed by atoms with Gasteiger partial charge in [0.05, 0.1) is 0 Å². The minimum absolute atomic E-state index is 0.0230. The van der Waals surface area contributed by atoms with Crippen molar-refractivity contribution in [1.29, 1.82) is 0 Å². The molecule has 0 bridgehead atoms. The largest absolute Gasteiger partial charge is 0.507 e. The molecule has 118 valence electrons. The maximum Gasteiger partial charge on any atom is 0.339 e. The highest BCUT2D eigenvalue weighted by atomic mass is 16.4. The van der Waals surface area contributed by atoms with Crippen LogP contribution in [0.25, 0.3) is 0 Å². The zero-order valence-electron chi connectivity index (χ0n) is 12.0. The molecule has 1 aliphatic carbocycles. The molecule has 1 aromatic carbocycles. The van der Waals surface area contributed by atoms with Gasteiger partial charge in [-0.15, -0.1) is 0 Å². The van der Waals surface area contributed by atoms with Gasteiger partial charge in [-0.1, -0.05) is 19.3 Å². The lowest BCUT2D eigenvalue weighted by Gasteiger charge is -2.22. The highest BCUT2D eigenvalue weighted by Gasteiger charge is 2.21. The van der Waals surface area contributed by atoms with E-state index >= 15 is 0 Å². The Kier molecular flexibility index (Phi) is 4.98. The summed E-state index contributed by atoms with van der Waals surface area (Å²) in [6, 6.07) is 3.59. The molecule has 4 N–H and O–H groups in total. The Morgan fingerprint density at radius 3 is 2.32 bits per heavy atom. The third kappa shape index (κ3) is 3.97. The number of hydrogen-bond acceptors (Lipinski definition) is 4. The third-order valence-corrected chi connectivity index (χ3v) is 3.63. The van der Waals surface area contributed by atoms with E-state index in [-0.39, 0.29) is 17.3 Å². The highest BCUT2D eigenvalue weighted by molar-refractivity contribution is 6.39. The van der Waals surface area contributed by atoms with Gasteiger partial charge in [0.1, 0.15) is 11.3 Å². The van der Waals surface area contributed by atoms with E-state index in [0.717, 1.165) is 44.2 Å². The molecule has 2 rings (SSSR count). The number of benzene rings is 1. The molecule has 0 aliphatic heterocycles. The molecular formula is C15H18N2O5. The van der Waals surface area contributed by atoms with Crippen LogP contribution in [0.5, 0.6) is 5.75 Å². The van der Waals surface area contributed by atoms with Gasteiger partial charge >= 0.3 is 17.8 Å². The first-order valence-corrected chi connectivity index (χ1v) is 7.15. The molecule has 2 amide bonds. The second-order valence-corrected chi connectivity index (χ2v) is 5.30. The van der Waals surface area contributed by atoms with Crippen LogP contribution in [0.3, 0.4) is 0 Å². The van der Waals surface area contributed by atoms with E-state index in [2.05, 4.69) is 10.6 Å². The number of hydrogen-bond donors (Lipinski definition) is 4. The predicted octanol–water partition coefficient (Wildman–Crippen LogP) is 1.48. The number of phenols is 1. The Hall–Kier alpha value is -2.57. The van der Waals surface area contributed by atoms with Crippen LogP contribution in [0.1, 0.15) is 42.5 Å². The number of carboxylic acid groups (broad SMARTS) is 1. The summed E-state index contributed by atoms with van der Waals surface area (Å²) in [7, 11) is 0. The topological polar surface area (TPSA) is 116 Å². The van der Waals surface area contributed by atoms with Gasteiger partial charge < -0.3 is 20.8 Å². The SMILES string of the molecule is O=C(Nc1ccc(C(=O)O)c(O)c1)C(=O)NC1CCCCC1. The van der Waals surface area contributed by atoms with Crippen molar-refractivity contribution in [2.45, 2.75) is 38.1 Å². The minimum atomic E-state index is -1.27. The van der Waals surface area contributed by atoms with Crippen molar-refractivity contribution in [1.82, 2.24) is 5.32 Å². The van der Waals surface area contributed by atoms with Crippen molar-refractivity contribution < 1.29 is 24.6 Å². The average molecular weight is 306 g/mol. The molecule has 7 heteroatoms. The maximum absolute atomic E-state index is 11.8. The molecule has 0 spiro atoms. The van der Waals surface area contributed by atoms with Gasteiger partial charge in [0.15, 0.2) is 0 Å². The number of carbonyl (C=O) groups excluding carboxylic acids is 2. The van der Waals surface area contributed by atoms with E-state index < -0.39 is 23.5 Å². The first-order chi connectivity index (χ1) is 10.5. The molecule has 1 aromatic rings. The number of amides is 2. The number of carboxylic acids is 1. The van der Waals surface area contributed by atoms with E-state index in [1.807, 2.05) is 0 Å². The maximum atomic E-state index is 11.8. The Bertz CT molecular complexity index is 594. The Labute approximate surface area is 127 Å². The molecule has 0 radical (unpaired) electrons.